The van der Waals surface area contributed by atoms with Gasteiger partial charge in [-0.15, -0.1) is 22.7 Å². The summed E-state index contributed by atoms with van der Waals surface area (Å²) in [5.74, 6) is 0.905. The van der Waals surface area contributed by atoms with Crippen LogP contribution in [0.3, 0.4) is 0 Å². The van der Waals surface area contributed by atoms with Gasteiger partial charge in [-0.3, -0.25) is 0 Å². The first kappa shape index (κ1) is 9.95. The van der Waals surface area contributed by atoms with Crippen LogP contribution in [0.5, 0.6) is 0 Å². The summed E-state index contributed by atoms with van der Waals surface area (Å²) >= 11 is 4.95. The second-order valence-electron chi connectivity index (χ2n) is 2.71. The lowest BCUT2D eigenvalue weighted by Gasteiger charge is -1.91. The third kappa shape index (κ3) is 2.46. The number of thiazole rings is 2. The predicted octanol–water partition coefficient (Wildman–Crippen LogP) is 2.78. The van der Waals surface area contributed by atoms with Gasteiger partial charge in [-0.25, -0.2) is 9.97 Å². The lowest BCUT2D eigenvalue weighted by molar-refractivity contribution is 1.16. The number of hydrogen-bond donors (Lipinski definition) is 1. The molecule has 3 nitrogen and oxygen atoms in total. The van der Waals surface area contributed by atoms with Crippen LogP contribution >= 0.6 is 34.4 Å². The van der Waals surface area contributed by atoms with Gasteiger partial charge in [0, 0.05) is 27.9 Å². The highest BCUT2D eigenvalue weighted by molar-refractivity contribution is 8.00. The van der Waals surface area contributed by atoms with E-state index in [2.05, 4.69) is 15.3 Å². The average Bonchev–Trinajstić information content (AvgIpc) is 2.72. The fraction of sp³-hybridized carbons (Fsp3) is 0.250. The van der Waals surface area contributed by atoms with Gasteiger partial charge >= 0.3 is 0 Å². The van der Waals surface area contributed by atoms with Gasteiger partial charge < -0.3 is 5.73 Å². The monoisotopic (exact) mass is 243 g/mol. The minimum Gasteiger partial charge on any atom is -0.375 e. The first-order valence-electron chi connectivity index (χ1n) is 3.99. The quantitative estimate of drug-likeness (QED) is 0.842. The molecule has 2 rings (SSSR count). The van der Waals surface area contributed by atoms with E-state index in [1.54, 1.807) is 23.1 Å². The number of rotatable bonds is 3. The molecule has 0 spiro atoms. The summed E-state index contributed by atoms with van der Waals surface area (Å²) in [5, 5.41) is 2.69. The van der Waals surface area contributed by atoms with Gasteiger partial charge in [0.05, 0.1) is 0 Å². The molecule has 0 amide bonds. The van der Waals surface area contributed by atoms with Crippen LogP contribution < -0.4 is 5.73 Å². The maximum atomic E-state index is 5.54. The average molecular weight is 243 g/mol. The Bertz CT molecular complexity index is 381. The predicted molar refractivity (Wildman–Crippen MR) is 62.9 cm³/mol. The van der Waals surface area contributed by atoms with Crippen molar-refractivity contribution in [2.24, 2.45) is 0 Å². The Balaban J connectivity index is 1.94. The zero-order chi connectivity index (χ0) is 9.97. The van der Waals surface area contributed by atoms with Crippen LogP contribution in [0.15, 0.2) is 15.9 Å². The number of nitrogens with two attached hydrogens (primary N) is 1. The summed E-state index contributed by atoms with van der Waals surface area (Å²) in [7, 11) is 0. The van der Waals surface area contributed by atoms with Crippen molar-refractivity contribution in [3.05, 3.63) is 22.1 Å². The first-order valence-corrected chi connectivity index (χ1v) is 6.67. The van der Waals surface area contributed by atoms with Crippen LogP contribution in [-0.4, -0.2) is 9.97 Å². The maximum absolute atomic E-state index is 5.54. The van der Waals surface area contributed by atoms with Crippen molar-refractivity contribution in [3.63, 3.8) is 0 Å². The van der Waals surface area contributed by atoms with Gasteiger partial charge in [0.1, 0.15) is 4.34 Å². The summed E-state index contributed by atoms with van der Waals surface area (Å²) in [6.45, 7) is 2.01. The maximum Gasteiger partial charge on any atom is 0.180 e. The molecule has 2 aromatic rings. The molecule has 6 heteroatoms. The van der Waals surface area contributed by atoms with Crippen LogP contribution in [0, 0.1) is 6.92 Å². The normalized spacial score (nSPS) is 10.6. The highest BCUT2D eigenvalue weighted by atomic mass is 32.2. The van der Waals surface area contributed by atoms with E-state index in [0.717, 1.165) is 15.8 Å². The van der Waals surface area contributed by atoms with Crippen molar-refractivity contribution in [1.29, 1.82) is 0 Å². The van der Waals surface area contributed by atoms with Gasteiger partial charge in [0.25, 0.3) is 0 Å². The Morgan fingerprint density at radius 1 is 1.57 bits per heavy atom. The number of thioether (sulfide) groups is 1. The third-order valence-corrected chi connectivity index (χ3v) is 4.70. The van der Waals surface area contributed by atoms with Gasteiger partial charge in [-0.05, 0) is 6.92 Å². The smallest absolute Gasteiger partial charge is 0.180 e. The van der Waals surface area contributed by atoms with Crippen molar-refractivity contribution >= 4 is 39.6 Å². The Morgan fingerprint density at radius 3 is 3.00 bits per heavy atom. The molecule has 74 valence electrons. The van der Waals surface area contributed by atoms with Crippen LogP contribution in [0.4, 0.5) is 5.13 Å². The Morgan fingerprint density at radius 2 is 2.43 bits per heavy atom. The third-order valence-electron chi connectivity index (χ3n) is 1.51. The van der Waals surface area contributed by atoms with E-state index in [1.807, 2.05) is 13.1 Å². The molecule has 14 heavy (non-hydrogen) atoms. The second-order valence-corrected chi connectivity index (χ2v) is 5.94. The van der Waals surface area contributed by atoms with Crippen LogP contribution in [0.1, 0.15) is 10.6 Å². The number of aryl methyl sites for hydroxylation is 1. The van der Waals surface area contributed by atoms with Gasteiger partial charge in [-0.2, -0.15) is 0 Å². The molecule has 0 aliphatic rings. The van der Waals surface area contributed by atoms with E-state index < -0.39 is 0 Å². The highest BCUT2D eigenvalue weighted by Crippen LogP contribution is 2.28. The van der Waals surface area contributed by atoms with E-state index in [9.17, 15) is 0 Å². The molecule has 0 radical (unpaired) electrons. The Hall–Kier alpha value is -0.590. The molecule has 0 saturated carbocycles. The van der Waals surface area contributed by atoms with E-state index in [0.29, 0.717) is 5.13 Å². The molecule has 2 aromatic heterocycles. The minimum atomic E-state index is 0.635. The molecule has 0 bridgehead atoms. The first-order chi connectivity index (χ1) is 6.74. The topological polar surface area (TPSA) is 51.8 Å². The number of nitrogen functional groups attached to an aromatic ring is 1. The van der Waals surface area contributed by atoms with E-state index >= 15 is 0 Å². The zero-order valence-electron chi connectivity index (χ0n) is 7.56. The lowest BCUT2D eigenvalue weighted by Crippen LogP contribution is -1.77. The zero-order valence-corrected chi connectivity index (χ0v) is 10.0. The molecule has 2 heterocycles. The molecule has 0 unspecified atom stereocenters. The number of hydrogen-bond acceptors (Lipinski definition) is 6. The van der Waals surface area contributed by atoms with Crippen LogP contribution in [0.25, 0.3) is 0 Å². The molecule has 0 aliphatic carbocycles. The minimum absolute atomic E-state index is 0.635. The fourth-order valence-electron chi connectivity index (χ4n) is 0.921. The number of anilines is 1. The van der Waals surface area contributed by atoms with Gasteiger partial charge in [0.15, 0.2) is 5.13 Å². The van der Waals surface area contributed by atoms with Crippen molar-refractivity contribution in [1.82, 2.24) is 9.97 Å². The largest absolute Gasteiger partial charge is 0.375 e. The molecular formula is C8H9N3S3. The van der Waals surface area contributed by atoms with Crippen molar-refractivity contribution in [2.45, 2.75) is 17.0 Å². The molecule has 0 aromatic carbocycles. The molecule has 0 saturated heterocycles. The van der Waals surface area contributed by atoms with E-state index in [-0.39, 0.29) is 0 Å². The highest BCUT2D eigenvalue weighted by Gasteiger charge is 2.02. The van der Waals surface area contributed by atoms with Crippen molar-refractivity contribution in [2.75, 3.05) is 5.73 Å². The van der Waals surface area contributed by atoms with Gasteiger partial charge in [0.2, 0.25) is 0 Å². The van der Waals surface area contributed by atoms with E-state index in [4.69, 9.17) is 5.73 Å². The summed E-state index contributed by atoms with van der Waals surface area (Å²) < 4.78 is 1.11. The Kier molecular flexibility index (Phi) is 3.05. The SMILES string of the molecule is Cc1csc(SCc2cnc(N)s2)n1. The second kappa shape index (κ2) is 4.29. The standard InChI is InChI=1S/C8H9N3S3/c1-5-3-12-8(11-5)13-4-6-2-10-7(9)14-6/h2-3H,4H2,1H3,(H2,9,10). The molecular weight excluding hydrogens is 234 g/mol. The van der Waals surface area contributed by atoms with Crippen LogP contribution in [-0.2, 0) is 5.75 Å². The van der Waals surface area contributed by atoms with Crippen molar-refractivity contribution < 1.29 is 0 Å². The van der Waals surface area contributed by atoms with Gasteiger partial charge in [-0.1, -0.05) is 11.8 Å². The van der Waals surface area contributed by atoms with Crippen LogP contribution in [0.2, 0.25) is 0 Å². The summed E-state index contributed by atoms with van der Waals surface area (Å²) in [5.41, 5.74) is 6.62. The van der Waals surface area contributed by atoms with E-state index in [1.165, 1.54) is 16.2 Å². The summed E-state index contributed by atoms with van der Waals surface area (Å²) in [4.78, 5) is 9.56. The van der Waals surface area contributed by atoms with Crippen molar-refractivity contribution in [3.8, 4) is 0 Å². The number of nitrogens with zero attached hydrogens (tertiary/aromatic N) is 2. The molecule has 0 atom stereocenters. The molecule has 0 aliphatic heterocycles. The molecule has 0 fully saturated rings. The Labute approximate surface area is 94.4 Å². The number of aromatic nitrogens is 2. The lowest BCUT2D eigenvalue weighted by atomic mass is 10.6. The fourth-order valence-corrected chi connectivity index (χ4v) is 3.48. The molecule has 2 N–H and O–H groups in total. The summed E-state index contributed by atoms with van der Waals surface area (Å²) in [6, 6.07) is 0. The summed E-state index contributed by atoms with van der Waals surface area (Å²) in [6.07, 6.45) is 1.83.